The molecule has 0 saturated carbocycles. The van der Waals surface area contributed by atoms with Crippen LogP contribution in [0.15, 0.2) is 42.6 Å². The zero-order chi connectivity index (χ0) is 13.0. The Hall–Kier alpha value is -1.94. The fraction of sp³-hybridized carbons (Fsp3) is 0.214. The minimum Gasteiger partial charge on any atom is -0.397 e. The Labute approximate surface area is 106 Å². The highest BCUT2D eigenvalue weighted by Gasteiger charge is 2.05. The number of nitrogen functional groups attached to an aromatic ring is 1. The van der Waals surface area contributed by atoms with Gasteiger partial charge in [0, 0.05) is 19.3 Å². The predicted octanol–water partition coefficient (Wildman–Crippen LogP) is 2.43. The van der Waals surface area contributed by atoms with Crippen molar-refractivity contribution in [2.24, 2.45) is 0 Å². The van der Waals surface area contributed by atoms with Gasteiger partial charge in [-0.15, -0.1) is 0 Å². The van der Waals surface area contributed by atoms with E-state index in [1.807, 2.05) is 30.1 Å². The van der Waals surface area contributed by atoms with Gasteiger partial charge in [-0.25, -0.2) is 4.39 Å². The van der Waals surface area contributed by atoms with Crippen molar-refractivity contribution in [3.8, 4) is 0 Å². The van der Waals surface area contributed by atoms with Gasteiger partial charge in [-0.1, -0.05) is 12.1 Å². The zero-order valence-electron chi connectivity index (χ0n) is 10.3. The summed E-state index contributed by atoms with van der Waals surface area (Å²) in [5, 5.41) is 0. The number of halogens is 1. The molecule has 0 unspecified atom stereocenters. The Balaban J connectivity index is 2.01. The lowest BCUT2D eigenvalue weighted by molar-refractivity contribution is 0.315. The van der Waals surface area contributed by atoms with E-state index >= 15 is 0 Å². The molecule has 0 amide bonds. The third kappa shape index (κ3) is 3.28. The van der Waals surface area contributed by atoms with Crippen molar-refractivity contribution in [2.45, 2.75) is 13.1 Å². The highest BCUT2D eigenvalue weighted by Crippen LogP contribution is 2.12. The van der Waals surface area contributed by atoms with Crippen LogP contribution >= 0.6 is 0 Å². The normalized spacial score (nSPS) is 10.8. The maximum absolute atomic E-state index is 13.1. The first-order chi connectivity index (χ1) is 8.65. The van der Waals surface area contributed by atoms with Crippen LogP contribution < -0.4 is 5.73 Å². The van der Waals surface area contributed by atoms with Gasteiger partial charge in [0.15, 0.2) is 0 Å². The first kappa shape index (κ1) is 12.5. The quantitative estimate of drug-likeness (QED) is 0.899. The molecular weight excluding hydrogens is 229 g/mol. The highest BCUT2D eigenvalue weighted by molar-refractivity contribution is 5.41. The van der Waals surface area contributed by atoms with E-state index in [4.69, 9.17) is 5.73 Å². The second-order valence-electron chi connectivity index (χ2n) is 4.34. The van der Waals surface area contributed by atoms with Crippen molar-refractivity contribution in [3.05, 3.63) is 59.7 Å². The molecule has 2 aromatic rings. The van der Waals surface area contributed by atoms with E-state index in [0.29, 0.717) is 18.8 Å². The molecule has 0 saturated heterocycles. The van der Waals surface area contributed by atoms with Crippen LogP contribution in [0, 0.1) is 5.82 Å². The van der Waals surface area contributed by atoms with Crippen LogP contribution in [0.25, 0.3) is 0 Å². The van der Waals surface area contributed by atoms with E-state index in [9.17, 15) is 4.39 Å². The number of aromatic nitrogens is 1. The number of pyridine rings is 1. The summed E-state index contributed by atoms with van der Waals surface area (Å²) in [4.78, 5) is 6.29. The highest BCUT2D eigenvalue weighted by atomic mass is 19.1. The van der Waals surface area contributed by atoms with Crippen molar-refractivity contribution in [2.75, 3.05) is 12.8 Å². The molecule has 0 bridgehead atoms. The molecule has 2 rings (SSSR count). The van der Waals surface area contributed by atoms with Gasteiger partial charge < -0.3 is 5.73 Å². The smallest absolute Gasteiger partial charge is 0.123 e. The molecule has 94 valence electrons. The topological polar surface area (TPSA) is 42.2 Å². The number of rotatable bonds is 4. The third-order valence-electron chi connectivity index (χ3n) is 2.69. The molecule has 0 fully saturated rings. The summed E-state index contributed by atoms with van der Waals surface area (Å²) in [6, 6.07) is 10.2. The molecule has 1 aromatic carbocycles. The van der Waals surface area contributed by atoms with Crippen molar-refractivity contribution in [3.63, 3.8) is 0 Å². The summed E-state index contributed by atoms with van der Waals surface area (Å²) in [5.41, 5.74) is 8.30. The minimum absolute atomic E-state index is 0.210. The van der Waals surface area contributed by atoms with Gasteiger partial charge in [0.25, 0.3) is 0 Å². The maximum Gasteiger partial charge on any atom is 0.123 e. The lowest BCUT2D eigenvalue weighted by Gasteiger charge is -2.17. The molecule has 1 heterocycles. The van der Waals surface area contributed by atoms with E-state index in [0.717, 1.165) is 11.3 Å². The molecule has 0 atom stereocenters. The summed E-state index contributed by atoms with van der Waals surface area (Å²) < 4.78 is 13.1. The summed E-state index contributed by atoms with van der Waals surface area (Å²) in [7, 11) is 1.96. The van der Waals surface area contributed by atoms with E-state index in [-0.39, 0.29) is 5.82 Å². The zero-order valence-corrected chi connectivity index (χ0v) is 10.3. The van der Waals surface area contributed by atoms with Gasteiger partial charge >= 0.3 is 0 Å². The predicted molar refractivity (Wildman–Crippen MR) is 70.2 cm³/mol. The molecule has 0 radical (unpaired) electrons. The first-order valence-electron chi connectivity index (χ1n) is 5.77. The standard InChI is InChI=1S/C14H16FN3/c1-18(9-11-4-2-5-12(15)8-11)10-14-13(16)6-3-7-17-14/h2-8H,9-10,16H2,1H3. The lowest BCUT2D eigenvalue weighted by atomic mass is 10.2. The van der Waals surface area contributed by atoms with E-state index < -0.39 is 0 Å². The second-order valence-corrected chi connectivity index (χ2v) is 4.34. The Bertz CT molecular complexity index is 528. The van der Waals surface area contributed by atoms with Crippen LogP contribution in [0.4, 0.5) is 10.1 Å². The molecule has 4 heteroatoms. The second kappa shape index (κ2) is 5.60. The monoisotopic (exact) mass is 245 g/mol. The van der Waals surface area contributed by atoms with Crippen LogP contribution in [0.2, 0.25) is 0 Å². The summed E-state index contributed by atoms with van der Waals surface area (Å²) >= 11 is 0. The molecule has 0 aliphatic carbocycles. The van der Waals surface area contributed by atoms with Crippen molar-refractivity contribution >= 4 is 5.69 Å². The maximum atomic E-state index is 13.1. The Morgan fingerprint density at radius 3 is 2.78 bits per heavy atom. The molecular formula is C14H16FN3. The Kier molecular flexibility index (Phi) is 3.89. The largest absolute Gasteiger partial charge is 0.397 e. The van der Waals surface area contributed by atoms with Gasteiger partial charge in [0.2, 0.25) is 0 Å². The molecule has 18 heavy (non-hydrogen) atoms. The fourth-order valence-corrected chi connectivity index (χ4v) is 1.84. The van der Waals surface area contributed by atoms with E-state index in [2.05, 4.69) is 4.98 Å². The van der Waals surface area contributed by atoms with Crippen LogP contribution in [0.5, 0.6) is 0 Å². The van der Waals surface area contributed by atoms with Crippen LogP contribution in [0.1, 0.15) is 11.3 Å². The number of hydrogen-bond donors (Lipinski definition) is 1. The third-order valence-corrected chi connectivity index (χ3v) is 2.69. The van der Waals surface area contributed by atoms with Gasteiger partial charge in [-0.05, 0) is 36.9 Å². The molecule has 0 aliphatic heterocycles. The molecule has 3 nitrogen and oxygen atoms in total. The van der Waals surface area contributed by atoms with Gasteiger partial charge in [0.05, 0.1) is 11.4 Å². The average molecular weight is 245 g/mol. The average Bonchev–Trinajstić information content (AvgIpc) is 2.32. The number of hydrogen-bond acceptors (Lipinski definition) is 3. The van der Waals surface area contributed by atoms with E-state index in [1.54, 1.807) is 12.3 Å². The van der Waals surface area contributed by atoms with E-state index in [1.165, 1.54) is 12.1 Å². The molecule has 1 aromatic heterocycles. The molecule has 0 spiro atoms. The first-order valence-corrected chi connectivity index (χ1v) is 5.77. The Morgan fingerprint density at radius 1 is 1.22 bits per heavy atom. The van der Waals surface area contributed by atoms with Crippen molar-refractivity contribution < 1.29 is 4.39 Å². The number of nitrogens with two attached hydrogens (primary N) is 1. The van der Waals surface area contributed by atoms with Gasteiger partial charge in [-0.3, -0.25) is 9.88 Å². The summed E-state index contributed by atoms with van der Waals surface area (Å²) in [5.74, 6) is -0.210. The minimum atomic E-state index is -0.210. The number of nitrogens with zero attached hydrogens (tertiary/aromatic N) is 2. The molecule has 2 N–H and O–H groups in total. The number of benzene rings is 1. The van der Waals surface area contributed by atoms with Crippen LogP contribution in [-0.2, 0) is 13.1 Å². The Morgan fingerprint density at radius 2 is 2.06 bits per heavy atom. The fourth-order valence-electron chi connectivity index (χ4n) is 1.84. The van der Waals surface area contributed by atoms with Gasteiger partial charge in [0.1, 0.15) is 5.82 Å². The molecule has 0 aliphatic rings. The number of anilines is 1. The SMILES string of the molecule is CN(Cc1cccc(F)c1)Cc1ncccc1N. The van der Waals surface area contributed by atoms with Crippen LogP contribution in [0.3, 0.4) is 0 Å². The summed E-state index contributed by atoms with van der Waals surface area (Å²) in [6.45, 7) is 1.30. The van der Waals surface area contributed by atoms with Gasteiger partial charge in [-0.2, -0.15) is 0 Å². The summed E-state index contributed by atoms with van der Waals surface area (Å²) in [6.07, 6.45) is 1.72. The van der Waals surface area contributed by atoms with Crippen LogP contribution in [-0.4, -0.2) is 16.9 Å². The lowest BCUT2D eigenvalue weighted by Crippen LogP contribution is -2.19. The van der Waals surface area contributed by atoms with Crippen molar-refractivity contribution in [1.29, 1.82) is 0 Å². The van der Waals surface area contributed by atoms with Crippen molar-refractivity contribution in [1.82, 2.24) is 9.88 Å².